The predicted molar refractivity (Wildman–Crippen MR) is 109 cm³/mol. The summed E-state index contributed by atoms with van der Waals surface area (Å²) >= 11 is 0. The Balaban J connectivity index is 1.82. The van der Waals surface area contributed by atoms with Crippen molar-refractivity contribution >= 4 is 27.8 Å². The molecule has 0 saturated carbocycles. The van der Waals surface area contributed by atoms with Crippen LogP contribution in [0.15, 0.2) is 48.7 Å². The van der Waals surface area contributed by atoms with Gasteiger partial charge in [-0.05, 0) is 55.4 Å². The molecule has 4 aromatic rings. The van der Waals surface area contributed by atoms with Crippen LogP contribution in [0.4, 0.5) is 13.2 Å². The third kappa shape index (κ3) is 3.52. The van der Waals surface area contributed by atoms with Gasteiger partial charge in [0.25, 0.3) is 5.91 Å². The second-order valence-corrected chi connectivity index (χ2v) is 7.05. The summed E-state index contributed by atoms with van der Waals surface area (Å²) in [5.41, 5.74) is 7.16. The number of benzene rings is 2. The average molecular weight is 415 g/mol. The summed E-state index contributed by atoms with van der Waals surface area (Å²) < 4.78 is 42.2. The van der Waals surface area contributed by atoms with E-state index in [1.165, 1.54) is 12.1 Å². The van der Waals surface area contributed by atoms with E-state index in [0.29, 0.717) is 36.4 Å². The van der Waals surface area contributed by atoms with Crippen LogP contribution in [0.2, 0.25) is 0 Å². The minimum absolute atomic E-state index is 0.204. The average Bonchev–Trinajstić information content (AvgIpc) is 3.22. The number of nitrogens with zero attached hydrogens (tertiary/aromatic N) is 3. The van der Waals surface area contributed by atoms with E-state index < -0.39 is 11.7 Å². The molecule has 0 unspecified atom stereocenters. The normalized spacial score (nSPS) is 12.0. The minimum atomic E-state index is -4.40. The standard InChI is InChI=1S/C21H20F3N5O/c1-28-12-17-16-11-13(20(30)26-10-2-9-25)3-8-18(16)29(19(17)27-28)15-6-4-14(5-7-15)21(22,23)24/h3-8,11-12H,2,9-10,25H2,1H3,(H,26,30). The highest BCUT2D eigenvalue weighted by atomic mass is 19.4. The Morgan fingerprint density at radius 3 is 2.53 bits per heavy atom. The molecule has 4 rings (SSSR count). The van der Waals surface area contributed by atoms with Crippen molar-refractivity contribution in [3.63, 3.8) is 0 Å². The molecule has 0 fully saturated rings. The van der Waals surface area contributed by atoms with Gasteiger partial charge in [0.1, 0.15) is 0 Å². The van der Waals surface area contributed by atoms with Gasteiger partial charge in [-0.1, -0.05) is 0 Å². The molecule has 156 valence electrons. The van der Waals surface area contributed by atoms with Gasteiger partial charge in [-0.3, -0.25) is 14.0 Å². The predicted octanol–water partition coefficient (Wildman–Crippen LogP) is 3.61. The van der Waals surface area contributed by atoms with Gasteiger partial charge in [-0.15, -0.1) is 0 Å². The molecule has 0 atom stereocenters. The smallest absolute Gasteiger partial charge is 0.352 e. The van der Waals surface area contributed by atoms with Crippen LogP contribution in [0, 0.1) is 0 Å². The quantitative estimate of drug-likeness (QED) is 0.489. The van der Waals surface area contributed by atoms with Gasteiger partial charge in [-0.2, -0.15) is 18.3 Å². The third-order valence-electron chi connectivity index (χ3n) is 4.93. The topological polar surface area (TPSA) is 77.9 Å². The van der Waals surface area contributed by atoms with Crippen molar-refractivity contribution in [3.8, 4) is 5.69 Å². The maximum Gasteiger partial charge on any atom is 0.416 e. The van der Waals surface area contributed by atoms with Gasteiger partial charge < -0.3 is 11.1 Å². The van der Waals surface area contributed by atoms with Crippen LogP contribution < -0.4 is 11.1 Å². The molecule has 2 heterocycles. The first-order valence-electron chi connectivity index (χ1n) is 9.43. The Labute approximate surface area is 170 Å². The van der Waals surface area contributed by atoms with Crippen LogP contribution in [0.3, 0.4) is 0 Å². The number of halogens is 3. The molecule has 2 aromatic carbocycles. The number of carbonyl (C=O) groups excluding carboxylic acids is 1. The summed E-state index contributed by atoms with van der Waals surface area (Å²) in [5.74, 6) is -0.204. The first kappa shape index (κ1) is 20.0. The SMILES string of the molecule is Cn1cc2c3cc(C(=O)NCCCN)ccc3n(-c3ccc(C(F)(F)F)cc3)c2n1. The lowest BCUT2D eigenvalue weighted by atomic mass is 10.1. The molecule has 0 aliphatic heterocycles. The van der Waals surface area contributed by atoms with Crippen LogP contribution in [0.25, 0.3) is 27.6 Å². The van der Waals surface area contributed by atoms with Crippen LogP contribution in [-0.2, 0) is 13.2 Å². The zero-order valence-electron chi connectivity index (χ0n) is 16.2. The fraction of sp³-hybridized carbons (Fsp3) is 0.238. The highest BCUT2D eigenvalue weighted by molar-refractivity contribution is 6.10. The van der Waals surface area contributed by atoms with E-state index in [9.17, 15) is 18.0 Å². The number of carbonyl (C=O) groups is 1. The van der Waals surface area contributed by atoms with Gasteiger partial charge in [0.05, 0.1) is 11.1 Å². The summed E-state index contributed by atoms with van der Waals surface area (Å²) in [7, 11) is 1.77. The molecule has 0 aliphatic carbocycles. The van der Waals surface area contributed by atoms with Gasteiger partial charge >= 0.3 is 6.18 Å². The number of nitrogens with one attached hydrogen (secondary N) is 1. The molecule has 1 amide bonds. The summed E-state index contributed by atoms with van der Waals surface area (Å²) in [6, 6.07) is 10.2. The van der Waals surface area contributed by atoms with Crippen molar-refractivity contribution in [2.45, 2.75) is 12.6 Å². The van der Waals surface area contributed by atoms with E-state index in [0.717, 1.165) is 28.4 Å². The van der Waals surface area contributed by atoms with Crippen molar-refractivity contribution in [1.29, 1.82) is 0 Å². The van der Waals surface area contributed by atoms with Gasteiger partial charge in [0.15, 0.2) is 5.65 Å². The maximum absolute atomic E-state index is 12.9. The number of hydrogen-bond donors (Lipinski definition) is 2. The largest absolute Gasteiger partial charge is 0.416 e. The molecule has 0 spiro atoms. The van der Waals surface area contributed by atoms with Crippen molar-refractivity contribution in [2.24, 2.45) is 12.8 Å². The summed E-state index contributed by atoms with van der Waals surface area (Å²) in [6.07, 6.45) is -1.89. The van der Waals surface area contributed by atoms with E-state index in [4.69, 9.17) is 5.73 Å². The van der Waals surface area contributed by atoms with Crippen molar-refractivity contribution in [1.82, 2.24) is 19.7 Å². The number of fused-ring (bicyclic) bond motifs is 3. The van der Waals surface area contributed by atoms with Crippen molar-refractivity contribution < 1.29 is 18.0 Å². The first-order valence-corrected chi connectivity index (χ1v) is 9.43. The van der Waals surface area contributed by atoms with Gasteiger partial charge in [-0.25, -0.2) is 0 Å². The summed E-state index contributed by atoms with van der Waals surface area (Å²) in [5, 5.41) is 8.90. The zero-order chi connectivity index (χ0) is 21.5. The molecule has 9 heteroatoms. The lowest BCUT2D eigenvalue weighted by Crippen LogP contribution is -2.25. The Hall–Kier alpha value is -3.33. The molecule has 0 saturated heterocycles. The lowest BCUT2D eigenvalue weighted by Gasteiger charge is -2.10. The number of nitrogens with two attached hydrogens (primary N) is 1. The summed E-state index contributed by atoms with van der Waals surface area (Å²) in [4.78, 5) is 12.4. The molecular formula is C21H20F3N5O. The van der Waals surface area contributed by atoms with Crippen LogP contribution >= 0.6 is 0 Å². The molecule has 30 heavy (non-hydrogen) atoms. The number of aromatic nitrogens is 3. The molecule has 2 aromatic heterocycles. The highest BCUT2D eigenvalue weighted by Crippen LogP contribution is 2.34. The maximum atomic E-state index is 12.9. The third-order valence-corrected chi connectivity index (χ3v) is 4.93. The fourth-order valence-electron chi connectivity index (χ4n) is 3.50. The zero-order valence-corrected chi connectivity index (χ0v) is 16.2. The van der Waals surface area contributed by atoms with E-state index in [1.807, 2.05) is 6.20 Å². The second kappa shape index (κ2) is 7.49. The number of aryl methyl sites for hydroxylation is 1. The van der Waals surface area contributed by atoms with Crippen LogP contribution in [-0.4, -0.2) is 33.3 Å². The number of rotatable bonds is 5. The molecule has 0 bridgehead atoms. The number of amides is 1. The highest BCUT2D eigenvalue weighted by Gasteiger charge is 2.30. The van der Waals surface area contributed by atoms with Crippen LogP contribution in [0.5, 0.6) is 0 Å². The van der Waals surface area contributed by atoms with E-state index >= 15 is 0 Å². The number of hydrogen-bond acceptors (Lipinski definition) is 3. The molecule has 3 N–H and O–H groups in total. The van der Waals surface area contributed by atoms with Gasteiger partial charge in [0.2, 0.25) is 0 Å². The Bertz CT molecular complexity index is 1220. The molecule has 6 nitrogen and oxygen atoms in total. The lowest BCUT2D eigenvalue weighted by molar-refractivity contribution is -0.137. The first-order chi connectivity index (χ1) is 14.3. The monoisotopic (exact) mass is 415 g/mol. The van der Waals surface area contributed by atoms with E-state index in [-0.39, 0.29) is 5.91 Å². The second-order valence-electron chi connectivity index (χ2n) is 7.05. The van der Waals surface area contributed by atoms with Crippen molar-refractivity contribution in [3.05, 3.63) is 59.8 Å². The van der Waals surface area contributed by atoms with Gasteiger partial charge in [0, 0.05) is 41.8 Å². The Morgan fingerprint density at radius 2 is 1.87 bits per heavy atom. The van der Waals surface area contributed by atoms with E-state index in [1.54, 1.807) is 34.5 Å². The fourth-order valence-corrected chi connectivity index (χ4v) is 3.50. The molecule has 0 aliphatic rings. The van der Waals surface area contributed by atoms with Crippen molar-refractivity contribution in [2.75, 3.05) is 13.1 Å². The number of alkyl halides is 3. The molecular weight excluding hydrogens is 395 g/mol. The summed E-state index contributed by atoms with van der Waals surface area (Å²) in [6.45, 7) is 0.980. The Morgan fingerprint density at radius 1 is 1.13 bits per heavy atom. The minimum Gasteiger partial charge on any atom is -0.352 e. The Kier molecular flexibility index (Phi) is 4.98. The molecule has 0 radical (unpaired) electrons. The van der Waals surface area contributed by atoms with E-state index in [2.05, 4.69) is 10.4 Å². The van der Waals surface area contributed by atoms with Crippen LogP contribution in [0.1, 0.15) is 22.3 Å².